The number of esters is 2. The van der Waals surface area contributed by atoms with Gasteiger partial charge in [-0.05, 0) is 139 Å². The third-order valence-corrected chi connectivity index (χ3v) is 16.5. The number of hydrogen-bond acceptors (Lipinski definition) is 14. The Hall–Kier alpha value is -3.57. The highest BCUT2D eigenvalue weighted by molar-refractivity contribution is 6.39. The first-order valence-electron chi connectivity index (χ1n) is 26.0. The number of piperidine rings is 1. The van der Waals surface area contributed by atoms with E-state index in [1.807, 2.05) is 64.2 Å². The van der Waals surface area contributed by atoms with Crippen molar-refractivity contribution in [3.8, 4) is 0 Å². The lowest BCUT2D eigenvalue weighted by molar-refractivity contribution is -0.264. The Labute approximate surface area is 416 Å². The van der Waals surface area contributed by atoms with Gasteiger partial charge in [0.1, 0.15) is 35.9 Å². The van der Waals surface area contributed by atoms with Crippen molar-refractivity contribution in [3.05, 3.63) is 47.6 Å². The minimum atomic E-state index is -2.36. The van der Waals surface area contributed by atoms with E-state index in [1.165, 1.54) is 18.9 Å². The van der Waals surface area contributed by atoms with Crippen LogP contribution in [0.5, 0.6) is 0 Å². The summed E-state index contributed by atoms with van der Waals surface area (Å²) in [6.07, 6.45) is 13.8. The lowest BCUT2D eigenvalue weighted by Gasteiger charge is -2.43. The fourth-order valence-electron chi connectivity index (χ4n) is 11.5. The molecule has 4 aliphatic heterocycles. The number of hydrogen-bond donors (Lipinski definition) is 4. The third kappa shape index (κ3) is 13.7. The molecule has 5 aliphatic rings. The van der Waals surface area contributed by atoms with E-state index in [4.69, 9.17) is 23.7 Å². The Morgan fingerprint density at radius 2 is 1.53 bits per heavy atom. The highest BCUT2D eigenvalue weighted by Crippen LogP contribution is 2.45. The van der Waals surface area contributed by atoms with Crippen LogP contribution < -0.4 is 0 Å². The molecule has 70 heavy (non-hydrogen) atoms. The number of nitrogens with zero attached hydrogens (tertiary/aromatic N) is 1. The summed E-state index contributed by atoms with van der Waals surface area (Å²) in [7, 11) is 3.00. The Bertz CT molecular complexity index is 1940. The summed E-state index contributed by atoms with van der Waals surface area (Å²) in [4.78, 5) is 71.2. The molecule has 1 amide bonds. The second-order valence-electron chi connectivity index (χ2n) is 22.1. The van der Waals surface area contributed by atoms with Crippen LogP contribution in [0.4, 0.5) is 0 Å². The summed E-state index contributed by atoms with van der Waals surface area (Å²) >= 11 is 0. The van der Waals surface area contributed by atoms with Gasteiger partial charge in [0.15, 0.2) is 5.78 Å². The molecular weight excluding hydrogens is 899 g/mol. The van der Waals surface area contributed by atoms with Crippen molar-refractivity contribution in [1.29, 1.82) is 0 Å². The van der Waals surface area contributed by atoms with E-state index in [2.05, 4.69) is 6.92 Å². The molecule has 0 aromatic rings. The molecule has 0 aromatic heterocycles. The van der Waals surface area contributed by atoms with Crippen molar-refractivity contribution in [2.75, 3.05) is 34.0 Å². The van der Waals surface area contributed by atoms with Crippen LogP contribution in [0.3, 0.4) is 0 Å². The van der Waals surface area contributed by atoms with Crippen LogP contribution in [-0.2, 0) is 47.7 Å². The summed E-state index contributed by atoms with van der Waals surface area (Å²) < 4.78 is 30.0. The monoisotopic (exact) mass is 984 g/mol. The summed E-state index contributed by atoms with van der Waals surface area (Å²) in [5.41, 5.74) is 0.209. The van der Waals surface area contributed by atoms with E-state index in [-0.39, 0.29) is 60.2 Å². The van der Waals surface area contributed by atoms with E-state index in [1.54, 1.807) is 21.0 Å². The molecule has 4 heterocycles. The maximum Gasteiger partial charge on any atom is 0.329 e. The number of Topliss-reactive ketones (excluding diaryl/α,β-unsaturated/α-hetero) is 2. The Morgan fingerprint density at radius 1 is 0.814 bits per heavy atom. The lowest BCUT2D eigenvalue weighted by Crippen LogP contribution is -2.61. The number of aliphatic hydroxyl groups is 4. The van der Waals surface area contributed by atoms with Crippen molar-refractivity contribution < 1.29 is 68.1 Å². The normalized spacial score (nSPS) is 40.6. The van der Waals surface area contributed by atoms with Crippen molar-refractivity contribution in [3.63, 3.8) is 0 Å². The number of amides is 1. The summed E-state index contributed by atoms with van der Waals surface area (Å²) in [6.45, 7) is 13.9. The number of rotatable bonds is 8. The number of fused-ring (bicyclic) bond motifs is 5. The number of allylic oxidation sites excluding steroid dienone is 7. The highest BCUT2D eigenvalue weighted by Gasteiger charge is 2.55. The molecular formula is C55H85NO14. The van der Waals surface area contributed by atoms with Gasteiger partial charge in [0.25, 0.3) is 11.7 Å². The van der Waals surface area contributed by atoms with E-state index >= 15 is 0 Å². The summed E-state index contributed by atoms with van der Waals surface area (Å²) in [5, 5.41) is 43.2. The van der Waals surface area contributed by atoms with Gasteiger partial charge in [-0.2, -0.15) is 0 Å². The van der Waals surface area contributed by atoms with Gasteiger partial charge in [0, 0.05) is 32.6 Å². The average molecular weight is 984 g/mol. The maximum absolute atomic E-state index is 14.4. The topological polar surface area (TPSA) is 216 Å². The van der Waals surface area contributed by atoms with E-state index in [0.29, 0.717) is 76.2 Å². The SMILES string of the molecule is CO[C@@H]1C[C@H](C[C@H]2C3CCN4C(=O)C(=O)[C@]5(O)O[C@@H](CC[C@H]5C)CC(C)/C(C)=C/C=C/C=C/[C@@H](C)C[C@@H](C)C(=O)[C@H](OC)[C@H](O)/C(C)=C/[C@@H](C)CC[C@@H]2OC(=O)[C@@H]4C3)CC[C@H]1OC(=O)C(C)(CO)CO. The molecule has 5 rings (SSSR count). The van der Waals surface area contributed by atoms with Crippen LogP contribution >= 0.6 is 0 Å². The zero-order chi connectivity index (χ0) is 51.7. The van der Waals surface area contributed by atoms with Gasteiger partial charge in [-0.1, -0.05) is 76.6 Å². The number of carbonyl (C=O) groups excluding carboxylic acids is 5. The Morgan fingerprint density at radius 3 is 2.20 bits per heavy atom. The zero-order valence-electron chi connectivity index (χ0n) is 43.5. The highest BCUT2D eigenvalue weighted by atomic mass is 16.6. The van der Waals surface area contributed by atoms with Crippen LogP contribution in [0.15, 0.2) is 47.6 Å². The molecule has 2 unspecified atom stereocenters. The number of aliphatic hydroxyl groups excluding tert-OH is 3. The maximum atomic E-state index is 14.4. The van der Waals surface area contributed by atoms with Crippen LogP contribution in [0, 0.1) is 52.8 Å². The van der Waals surface area contributed by atoms with Gasteiger partial charge in [-0.3, -0.25) is 19.2 Å². The molecule has 0 radical (unpaired) electrons. The zero-order valence-corrected chi connectivity index (χ0v) is 43.5. The molecule has 1 aliphatic carbocycles. The third-order valence-electron chi connectivity index (χ3n) is 16.5. The largest absolute Gasteiger partial charge is 0.461 e. The minimum Gasteiger partial charge on any atom is -0.461 e. The number of ketones is 2. The lowest BCUT2D eigenvalue weighted by atomic mass is 9.71. The van der Waals surface area contributed by atoms with E-state index in [9.17, 15) is 44.4 Å². The van der Waals surface area contributed by atoms with Gasteiger partial charge in [-0.25, -0.2) is 4.79 Å². The van der Waals surface area contributed by atoms with Crippen molar-refractivity contribution >= 4 is 29.4 Å². The van der Waals surface area contributed by atoms with Crippen molar-refractivity contribution in [2.45, 2.75) is 181 Å². The van der Waals surface area contributed by atoms with Gasteiger partial charge >= 0.3 is 11.9 Å². The Kier molecular flexibility index (Phi) is 20.8. The van der Waals surface area contributed by atoms with Gasteiger partial charge in [-0.15, -0.1) is 0 Å². The number of ether oxygens (including phenoxy) is 5. The number of carbonyl (C=O) groups is 5. The molecule has 0 aromatic carbocycles. The average Bonchev–Trinajstić information content (AvgIpc) is 3.43. The molecule has 4 N–H and O–H groups in total. The second kappa shape index (κ2) is 25.4. The van der Waals surface area contributed by atoms with Crippen LogP contribution in [-0.4, -0.2) is 137 Å². The molecule has 1 saturated carbocycles. The molecule has 15 nitrogen and oxygen atoms in total. The first-order chi connectivity index (χ1) is 33.1. The minimum absolute atomic E-state index is 0.0307. The first-order valence-corrected chi connectivity index (χ1v) is 26.0. The molecule has 4 fully saturated rings. The molecule has 5 bridgehead atoms. The van der Waals surface area contributed by atoms with Crippen LogP contribution in [0.2, 0.25) is 0 Å². The van der Waals surface area contributed by atoms with Crippen molar-refractivity contribution in [2.24, 2.45) is 52.8 Å². The smallest absolute Gasteiger partial charge is 0.329 e. The first kappa shape index (κ1) is 57.3. The summed E-state index contributed by atoms with van der Waals surface area (Å²) in [6, 6.07) is -1.05. The van der Waals surface area contributed by atoms with E-state index < -0.39 is 96.6 Å². The molecule has 16 atom stereocenters. The fourth-order valence-corrected chi connectivity index (χ4v) is 11.5. The molecule has 394 valence electrons. The van der Waals surface area contributed by atoms with Gasteiger partial charge < -0.3 is 49.0 Å². The van der Waals surface area contributed by atoms with Crippen LogP contribution in [0.25, 0.3) is 0 Å². The van der Waals surface area contributed by atoms with Crippen LogP contribution in [0.1, 0.15) is 132 Å². The molecule has 3 saturated heterocycles. The fraction of sp³-hybridized carbons (Fsp3) is 0.764. The summed E-state index contributed by atoms with van der Waals surface area (Å²) in [5.74, 6) is -7.06. The van der Waals surface area contributed by atoms with E-state index in [0.717, 1.165) is 5.57 Å². The quantitative estimate of drug-likeness (QED) is 0.118. The Balaban J connectivity index is 1.45. The number of methoxy groups -OCH3 is 2. The molecule has 15 heteroatoms. The van der Waals surface area contributed by atoms with Gasteiger partial charge in [0.05, 0.1) is 25.4 Å². The standard InChI is InChI=1S/C55H85NO14/c1-32-14-12-11-13-15-34(3)35(4)26-41-19-17-38(7)55(65,70-41)50(61)51(62)56-23-22-40-29-43(56)52(63)68-44(20-16-33(2)25-37(6)48(60)49(67-10)47(59)36(5)24-32)42(40)27-39-18-21-45(46(28-39)66-9)69-53(64)54(8,30-57)31-58/h11-15,25,32-33,35-36,38-46,48-49,57-58,60,65H,16-24,26-31H2,1-10H3/b13-11+,14-12+,34-15+,37-25+/t32-,33+,35?,36-,38-,39+,40?,41+,42+,43+,44+,45-,46-,48-,49+,55-/m1/s1. The predicted molar refractivity (Wildman–Crippen MR) is 262 cm³/mol. The molecule has 0 spiro atoms. The van der Waals surface area contributed by atoms with Crippen molar-refractivity contribution in [1.82, 2.24) is 4.90 Å². The second-order valence-corrected chi connectivity index (χ2v) is 22.1. The predicted octanol–water partition coefficient (Wildman–Crippen LogP) is 6.38. The van der Waals surface area contributed by atoms with Gasteiger partial charge in [0.2, 0.25) is 5.79 Å².